The molecular formula is C23H36N6OS. The van der Waals surface area contributed by atoms with E-state index < -0.39 is 0 Å². The van der Waals surface area contributed by atoms with E-state index >= 15 is 0 Å². The first-order valence-corrected chi connectivity index (χ1v) is 12.4. The molecule has 2 aliphatic rings. The molecule has 4 rings (SSSR count). The Morgan fingerprint density at radius 2 is 2.16 bits per heavy atom. The maximum absolute atomic E-state index is 5.61. The number of hydrogen-bond donors (Lipinski definition) is 1. The molecule has 4 heterocycles. The van der Waals surface area contributed by atoms with Crippen LogP contribution in [0, 0.1) is 12.8 Å². The molecule has 0 spiro atoms. The standard InChI is InChI=1S/C23H36N6OS/c1-4-25-23(28-9-7-18(2)21(16-28)29-10-8-24-17-29)26-15-20(22-6-5-19(3)31-22)27-11-13-30-14-12-27/h5-6,8,10,17-18,20-21H,4,7,9,11-16H2,1-3H3,(H,25,26). The van der Waals surface area contributed by atoms with E-state index in [0.29, 0.717) is 18.0 Å². The SMILES string of the molecule is CCNC(=NCC(c1ccc(C)s1)N1CCOCC1)N1CCC(C)C(n2ccnc2)C1. The summed E-state index contributed by atoms with van der Waals surface area (Å²) < 4.78 is 7.86. The van der Waals surface area contributed by atoms with Crippen molar-refractivity contribution in [3.8, 4) is 0 Å². The summed E-state index contributed by atoms with van der Waals surface area (Å²) in [5.41, 5.74) is 0. The van der Waals surface area contributed by atoms with Crippen LogP contribution < -0.4 is 5.32 Å². The molecule has 3 atom stereocenters. The van der Waals surface area contributed by atoms with Crippen LogP contribution in [-0.2, 0) is 4.74 Å². The average molecular weight is 445 g/mol. The van der Waals surface area contributed by atoms with E-state index in [1.807, 2.05) is 23.9 Å². The van der Waals surface area contributed by atoms with Gasteiger partial charge in [0.25, 0.3) is 0 Å². The zero-order valence-electron chi connectivity index (χ0n) is 19.0. The number of aryl methyl sites for hydroxylation is 1. The Kier molecular flexibility index (Phi) is 7.63. The van der Waals surface area contributed by atoms with E-state index in [0.717, 1.165) is 64.9 Å². The molecular weight excluding hydrogens is 408 g/mol. The number of guanidine groups is 1. The van der Waals surface area contributed by atoms with E-state index in [-0.39, 0.29) is 0 Å². The van der Waals surface area contributed by atoms with Crippen molar-refractivity contribution in [2.75, 3.05) is 52.5 Å². The number of thiophene rings is 1. The highest BCUT2D eigenvalue weighted by Gasteiger charge is 2.30. The fourth-order valence-electron chi connectivity index (χ4n) is 4.60. The first kappa shape index (κ1) is 22.3. The number of morpholine rings is 1. The molecule has 0 bridgehead atoms. The molecule has 8 heteroatoms. The van der Waals surface area contributed by atoms with Gasteiger partial charge in [-0.3, -0.25) is 9.89 Å². The van der Waals surface area contributed by atoms with Crippen LogP contribution in [0.5, 0.6) is 0 Å². The minimum Gasteiger partial charge on any atom is -0.379 e. The van der Waals surface area contributed by atoms with Gasteiger partial charge < -0.3 is 19.5 Å². The van der Waals surface area contributed by atoms with Gasteiger partial charge in [-0.25, -0.2) is 4.98 Å². The zero-order valence-corrected chi connectivity index (χ0v) is 19.9. The highest BCUT2D eigenvalue weighted by atomic mass is 32.1. The minimum absolute atomic E-state index is 0.310. The van der Waals surface area contributed by atoms with Gasteiger partial charge in [-0.15, -0.1) is 11.3 Å². The largest absolute Gasteiger partial charge is 0.379 e. The molecule has 170 valence electrons. The Morgan fingerprint density at radius 1 is 1.32 bits per heavy atom. The van der Waals surface area contributed by atoms with Gasteiger partial charge in [-0.2, -0.15) is 0 Å². The molecule has 0 saturated carbocycles. The van der Waals surface area contributed by atoms with Gasteiger partial charge in [0.05, 0.1) is 38.2 Å². The van der Waals surface area contributed by atoms with Crippen LogP contribution in [0.1, 0.15) is 42.1 Å². The third-order valence-electron chi connectivity index (χ3n) is 6.45. The second-order valence-corrected chi connectivity index (χ2v) is 9.92. The van der Waals surface area contributed by atoms with Crippen molar-refractivity contribution in [1.82, 2.24) is 24.7 Å². The van der Waals surface area contributed by atoms with Gasteiger partial charge in [0.15, 0.2) is 5.96 Å². The molecule has 2 saturated heterocycles. The van der Waals surface area contributed by atoms with Gasteiger partial charge in [0.1, 0.15) is 0 Å². The highest BCUT2D eigenvalue weighted by molar-refractivity contribution is 7.12. The second kappa shape index (κ2) is 10.6. The summed E-state index contributed by atoms with van der Waals surface area (Å²) in [7, 11) is 0. The van der Waals surface area contributed by atoms with Crippen LogP contribution in [0.3, 0.4) is 0 Å². The Balaban J connectivity index is 1.52. The summed E-state index contributed by atoms with van der Waals surface area (Å²) in [5, 5.41) is 3.56. The Labute approximate surface area is 190 Å². The third kappa shape index (κ3) is 5.48. The van der Waals surface area contributed by atoms with Gasteiger partial charge in [-0.1, -0.05) is 6.92 Å². The van der Waals surface area contributed by atoms with Gasteiger partial charge >= 0.3 is 0 Å². The predicted octanol–water partition coefficient (Wildman–Crippen LogP) is 3.17. The first-order valence-electron chi connectivity index (χ1n) is 11.5. The smallest absolute Gasteiger partial charge is 0.194 e. The number of aromatic nitrogens is 2. The normalized spacial score (nSPS) is 24.4. The van der Waals surface area contributed by atoms with Crippen molar-refractivity contribution in [2.45, 2.75) is 39.3 Å². The van der Waals surface area contributed by atoms with Crippen LogP contribution in [0.25, 0.3) is 0 Å². The van der Waals surface area contributed by atoms with Crippen LogP contribution in [-0.4, -0.2) is 77.8 Å². The maximum atomic E-state index is 5.61. The van der Waals surface area contributed by atoms with E-state index in [1.165, 1.54) is 9.75 Å². The number of likely N-dealkylation sites (tertiary alicyclic amines) is 1. The molecule has 0 aliphatic carbocycles. The molecule has 7 nitrogen and oxygen atoms in total. The first-order chi connectivity index (χ1) is 15.2. The van der Waals surface area contributed by atoms with E-state index in [9.17, 15) is 0 Å². The van der Waals surface area contributed by atoms with Crippen LogP contribution in [0.2, 0.25) is 0 Å². The number of piperidine rings is 1. The molecule has 2 aromatic rings. The summed E-state index contributed by atoms with van der Waals surface area (Å²) in [5.74, 6) is 1.66. The fourth-order valence-corrected chi connectivity index (χ4v) is 5.60. The Morgan fingerprint density at radius 3 is 2.84 bits per heavy atom. The summed E-state index contributed by atoms with van der Waals surface area (Å²) in [6.07, 6.45) is 7.07. The van der Waals surface area contributed by atoms with Crippen molar-refractivity contribution in [3.05, 3.63) is 40.6 Å². The molecule has 2 aliphatic heterocycles. The van der Waals surface area contributed by atoms with Gasteiger partial charge in [-0.05, 0) is 38.3 Å². The van der Waals surface area contributed by atoms with Crippen LogP contribution >= 0.6 is 11.3 Å². The highest BCUT2D eigenvalue weighted by Crippen LogP contribution is 2.30. The second-order valence-electron chi connectivity index (χ2n) is 8.60. The fraction of sp³-hybridized carbons (Fsp3) is 0.652. The molecule has 31 heavy (non-hydrogen) atoms. The average Bonchev–Trinajstić information content (AvgIpc) is 3.47. The molecule has 1 N–H and O–H groups in total. The number of hydrogen-bond acceptors (Lipinski definition) is 5. The lowest BCUT2D eigenvalue weighted by Crippen LogP contribution is -2.49. The summed E-state index contributed by atoms with van der Waals surface area (Å²) in [6, 6.07) is 5.24. The number of rotatable bonds is 6. The van der Waals surface area contributed by atoms with Gasteiger partial charge in [0.2, 0.25) is 0 Å². The topological polar surface area (TPSA) is 57.9 Å². The van der Waals surface area contributed by atoms with Crippen LogP contribution in [0.4, 0.5) is 0 Å². The minimum atomic E-state index is 0.310. The molecule has 0 aromatic carbocycles. The van der Waals surface area contributed by atoms with E-state index in [2.05, 4.69) is 63.8 Å². The van der Waals surface area contributed by atoms with Crippen molar-refractivity contribution < 1.29 is 4.74 Å². The molecule has 3 unspecified atom stereocenters. The van der Waals surface area contributed by atoms with E-state index in [1.54, 1.807) is 0 Å². The van der Waals surface area contributed by atoms with Crippen molar-refractivity contribution in [2.24, 2.45) is 10.9 Å². The number of aliphatic imine (C=N–C) groups is 1. The number of ether oxygens (including phenoxy) is 1. The van der Waals surface area contributed by atoms with Gasteiger partial charge in [0, 0.05) is 54.9 Å². The lowest BCUT2D eigenvalue weighted by atomic mass is 9.93. The van der Waals surface area contributed by atoms with Crippen molar-refractivity contribution in [1.29, 1.82) is 0 Å². The maximum Gasteiger partial charge on any atom is 0.194 e. The third-order valence-corrected chi connectivity index (χ3v) is 7.55. The molecule has 0 amide bonds. The summed E-state index contributed by atoms with van der Waals surface area (Å²) in [4.78, 5) is 17.2. The summed E-state index contributed by atoms with van der Waals surface area (Å²) >= 11 is 1.89. The van der Waals surface area contributed by atoms with E-state index in [4.69, 9.17) is 9.73 Å². The number of nitrogens with one attached hydrogen (secondary N) is 1. The Hall–Kier alpha value is -1.90. The lowest BCUT2D eigenvalue weighted by molar-refractivity contribution is 0.0186. The lowest BCUT2D eigenvalue weighted by Gasteiger charge is -2.39. The zero-order chi connectivity index (χ0) is 21.6. The molecule has 0 radical (unpaired) electrons. The summed E-state index contributed by atoms with van der Waals surface area (Å²) in [6.45, 7) is 13.9. The number of nitrogens with zero attached hydrogens (tertiary/aromatic N) is 5. The molecule has 2 fully saturated rings. The molecule has 2 aromatic heterocycles. The quantitative estimate of drug-likeness (QED) is 0.548. The monoisotopic (exact) mass is 444 g/mol. The van der Waals surface area contributed by atoms with Crippen molar-refractivity contribution >= 4 is 17.3 Å². The van der Waals surface area contributed by atoms with Crippen molar-refractivity contribution in [3.63, 3.8) is 0 Å². The Bertz CT molecular complexity index is 829. The number of imidazole rings is 1. The van der Waals surface area contributed by atoms with Crippen LogP contribution in [0.15, 0.2) is 35.8 Å². The predicted molar refractivity (Wildman–Crippen MR) is 127 cm³/mol.